The highest BCUT2D eigenvalue weighted by Crippen LogP contribution is 2.32. The summed E-state index contributed by atoms with van der Waals surface area (Å²) in [7, 11) is 1.84. The summed E-state index contributed by atoms with van der Waals surface area (Å²) in [6.07, 6.45) is 1.80. The molecule has 0 bridgehead atoms. The van der Waals surface area contributed by atoms with Crippen molar-refractivity contribution < 1.29 is 19.8 Å². The van der Waals surface area contributed by atoms with Gasteiger partial charge in [-0.2, -0.15) is 11.8 Å². The molecule has 0 unspecified atom stereocenters. The monoisotopic (exact) mass is 334 g/mol. The molecular formula is C16H18N2O4S. The van der Waals surface area contributed by atoms with E-state index in [0.29, 0.717) is 10.9 Å². The summed E-state index contributed by atoms with van der Waals surface area (Å²) >= 11 is 1.82. The van der Waals surface area contributed by atoms with Crippen molar-refractivity contribution in [3.8, 4) is 0 Å². The van der Waals surface area contributed by atoms with Gasteiger partial charge in [0.2, 0.25) is 0 Å². The minimum absolute atomic E-state index is 0.170. The Bertz CT molecular complexity index is 765. The van der Waals surface area contributed by atoms with Crippen LogP contribution in [0.1, 0.15) is 22.0 Å². The van der Waals surface area contributed by atoms with E-state index in [1.807, 2.05) is 28.3 Å². The Morgan fingerprint density at radius 3 is 2.52 bits per heavy atom. The maximum absolute atomic E-state index is 11.9. The van der Waals surface area contributed by atoms with Gasteiger partial charge in [-0.25, -0.2) is 4.79 Å². The first-order chi connectivity index (χ1) is 11.0. The normalized spacial score (nSPS) is 17.3. The number of thioether (sulfide) groups is 1. The molecule has 0 amide bonds. The summed E-state index contributed by atoms with van der Waals surface area (Å²) in [6, 6.07) is 4.10. The van der Waals surface area contributed by atoms with Gasteiger partial charge in [0.25, 0.3) is 0 Å². The molecule has 0 radical (unpaired) electrons. The van der Waals surface area contributed by atoms with Gasteiger partial charge < -0.3 is 14.8 Å². The summed E-state index contributed by atoms with van der Waals surface area (Å²) in [4.78, 5) is 25.1. The van der Waals surface area contributed by atoms with Crippen LogP contribution in [-0.2, 0) is 11.8 Å². The van der Waals surface area contributed by atoms with Gasteiger partial charge in [0.15, 0.2) is 0 Å². The molecule has 0 saturated carbocycles. The fraction of sp³-hybridized carbons (Fsp3) is 0.375. The molecule has 2 N–H and O–H groups in total. The maximum Gasteiger partial charge on any atom is 0.335 e. The van der Waals surface area contributed by atoms with E-state index in [0.717, 1.165) is 30.1 Å². The van der Waals surface area contributed by atoms with Crippen molar-refractivity contribution in [1.29, 1.82) is 0 Å². The number of rotatable bonds is 4. The molecule has 3 rings (SSSR count). The first kappa shape index (κ1) is 15.9. The Kier molecular flexibility index (Phi) is 4.32. The first-order valence-corrected chi connectivity index (χ1v) is 8.51. The Hall–Kier alpha value is -1.99. The number of aromatic nitrogens is 1. The van der Waals surface area contributed by atoms with Crippen LogP contribution in [-0.4, -0.2) is 56.2 Å². The van der Waals surface area contributed by atoms with Crippen molar-refractivity contribution >= 4 is 34.6 Å². The second-order valence-electron chi connectivity index (χ2n) is 5.62. The molecule has 1 fully saturated rings. The van der Waals surface area contributed by atoms with Crippen LogP contribution in [0.3, 0.4) is 0 Å². The number of carboxylic acid groups (broad SMARTS) is 2. The Morgan fingerprint density at radius 1 is 1.22 bits per heavy atom. The zero-order valence-electron chi connectivity index (χ0n) is 12.7. The largest absolute Gasteiger partial charge is 0.480 e. The summed E-state index contributed by atoms with van der Waals surface area (Å²) in [5.41, 5.74) is 1.66. The van der Waals surface area contributed by atoms with E-state index in [2.05, 4.69) is 0 Å². The van der Waals surface area contributed by atoms with Crippen molar-refractivity contribution in [2.24, 2.45) is 7.05 Å². The van der Waals surface area contributed by atoms with Crippen LogP contribution in [0.15, 0.2) is 24.4 Å². The lowest BCUT2D eigenvalue weighted by Crippen LogP contribution is -2.39. The average molecular weight is 334 g/mol. The molecule has 1 aliphatic rings. The van der Waals surface area contributed by atoms with Crippen molar-refractivity contribution in [2.75, 3.05) is 24.6 Å². The third kappa shape index (κ3) is 2.94. The SMILES string of the molecule is Cn1cc([C@@H](C(=O)O)N2CCSCC2)c2cc(C(=O)O)ccc21. The molecule has 23 heavy (non-hydrogen) atoms. The predicted molar refractivity (Wildman–Crippen MR) is 89.2 cm³/mol. The van der Waals surface area contributed by atoms with Crippen molar-refractivity contribution in [3.05, 3.63) is 35.5 Å². The molecule has 7 heteroatoms. The Balaban J connectivity index is 2.13. The topological polar surface area (TPSA) is 82.8 Å². The molecule has 0 aliphatic carbocycles. The number of benzene rings is 1. The van der Waals surface area contributed by atoms with Crippen molar-refractivity contribution in [2.45, 2.75) is 6.04 Å². The van der Waals surface area contributed by atoms with Gasteiger partial charge in [-0.3, -0.25) is 9.69 Å². The highest BCUT2D eigenvalue weighted by molar-refractivity contribution is 7.99. The molecule has 2 aromatic rings. The minimum Gasteiger partial charge on any atom is -0.480 e. The van der Waals surface area contributed by atoms with E-state index in [9.17, 15) is 19.8 Å². The van der Waals surface area contributed by atoms with Crippen molar-refractivity contribution in [1.82, 2.24) is 9.47 Å². The number of carboxylic acids is 2. The number of aliphatic carboxylic acids is 1. The van der Waals surface area contributed by atoms with Crippen LogP contribution >= 0.6 is 11.8 Å². The van der Waals surface area contributed by atoms with Gasteiger partial charge in [-0.05, 0) is 18.2 Å². The van der Waals surface area contributed by atoms with Crippen LogP contribution in [0.25, 0.3) is 10.9 Å². The summed E-state index contributed by atoms with van der Waals surface area (Å²) in [5, 5.41) is 19.6. The van der Waals surface area contributed by atoms with Gasteiger partial charge in [0.1, 0.15) is 6.04 Å². The molecule has 1 aliphatic heterocycles. The van der Waals surface area contributed by atoms with E-state index in [1.165, 1.54) is 0 Å². The van der Waals surface area contributed by atoms with E-state index in [4.69, 9.17) is 0 Å². The average Bonchev–Trinajstić information content (AvgIpc) is 2.84. The predicted octanol–water partition coefficient (Wildman–Crippen LogP) is 2.05. The molecular weight excluding hydrogens is 316 g/mol. The Morgan fingerprint density at radius 2 is 1.91 bits per heavy atom. The van der Waals surface area contributed by atoms with E-state index in [1.54, 1.807) is 24.4 Å². The van der Waals surface area contributed by atoms with Crippen molar-refractivity contribution in [3.63, 3.8) is 0 Å². The summed E-state index contributed by atoms with van der Waals surface area (Å²) in [5.74, 6) is -0.0859. The first-order valence-electron chi connectivity index (χ1n) is 7.36. The molecule has 1 atom stereocenters. The van der Waals surface area contributed by atoms with Crippen LogP contribution in [0.5, 0.6) is 0 Å². The third-order valence-electron chi connectivity index (χ3n) is 4.21. The lowest BCUT2D eigenvalue weighted by molar-refractivity contribution is -0.143. The number of carbonyl (C=O) groups is 2. The number of aryl methyl sites for hydroxylation is 1. The standard InChI is InChI=1S/C16H18N2O4S/c1-17-9-12(11-8-10(15(19)20)2-3-13(11)17)14(16(21)22)18-4-6-23-7-5-18/h2-3,8-9,14H,4-7H2,1H3,(H,19,20)(H,21,22)/t14-/m0/s1. The van der Waals surface area contributed by atoms with E-state index < -0.39 is 18.0 Å². The lowest BCUT2D eigenvalue weighted by atomic mass is 10.0. The summed E-state index contributed by atoms with van der Waals surface area (Å²) in [6.45, 7) is 1.44. The number of fused-ring (bicyclic) bond motifs is 1. The fourth-order valence-electron chi connectivity index (χ4n) is 3.10. The highest BCUT2D eigenvalue weighted by atomic mass is 32.2. The molecule has 1 aromatic carbocycles. The van der Waals surface area contributed by atoms with Crippen LogP contribution in [0, 0.1) is 0 Å². The van der Waals surface area contributed by atoms with Gasteiger partial charge >= 0.3 is 11.9 Å². The number of hydrogen-bond acceptors (Lipinski definition) is 4. The smallest absolute Gasteiger partial charge is 0.335 e. The van der Waals surface area contributed by atoms with E-state index in [-0.39, 0.29) is 5.56 Å². The maximum atomic E-state index is 11.9. The third-order valence-corrected chi connectivity index (χ3v) is 5.15. The molecule has 6 nitrogen and oxygen atoms in total. The molecule has 1 aromatic heterocycles. The second-order valence-corrected chi connectivity index (χ2v) is 6.85. The molecule has 2 heterocycles. The van der Waals surface area contributed by atoms with Gasteiger partial charge in [-0.15, -0.1) is 0 Å². The fourth-order valence-corrected chi connectivity index (χ4v) is 4.03. The zero-order chi connectivity index (χ0) is 16.6. The quantitative estimate of drug-likeness (QED) is 0.890. The lowest BCUT2D eigenvalue weighted by Gasteiger charge is -2.31. The highest BCUT2D eigenvalue weighted by Gasteiger charge is 2.31. The van der Waals surface area contributed by atoms with Gasteiger partial charge in [0, 0.05) is 54.3 Å². The van der Waals surface area contributed by atoms with Crippen LogP contribution in [0.4, 0.5) is 0 Å². The zero-order valence-corrected chi connectivity index (χ0v) is 13.5. The van der Waals surface area contributed by atoms with Gasteiger partial charge in [0.05, 0.1) is 5.56 Å². The molecule has 122 valence electrons. The minimum atomic E-state index is -1.01. The van der Waals surface area contributed by atoms with E-state index >= 15 is 0 Å². The number of hydrogen-bond donors (Lipinski definition) is 2. The van der Waals surface area contributed by atoms with Crippen LogP contribution < -0.4 is 0 Å². The Labute approximate surface area is 137 Å². The molecule has 1 saturated heterocycles. The van der Waals surface area contributed by atoms with Gasteiger partial charge in [-0.1, -0.05) is 0 Å². The molecule has 0 spiro atoms. The summed E-state index contributed by atoms with van der Waals surface area (Å²) < 4.78 is 1.85. The number of nitrogens with zero attached hydrogens (tertiary/aromatic N) is 2. The number of aromatic carboxylic acids is 1. The van der Waals surface area contributed by atoms with Crippen LogP contribution in [0.2, 0.25) is 0 Å². The second kappa shape index (κ2) is 6.25.